The number of aryl methyl sites for hydroxylation is 2. The van der Waals surface area contributed by atoms with Crippen LogP contribution in [0.2, 0.25) is 0 Å². The van der Waals surface area contributed by atoms with Gasteiger partial charge in [0, 0.05) is 29.9 Å². The molecule has 0 radical (unpaired) electrons. The summed E-state index contributed by atoms with van der Waals surface area (Å²) in [5, 5.41) is 0.525. The van der Waals surface area contributed by atoms with E-state index in [9.17, 15) is 4.21 Å². The molecular formula is C20H26N4O3S. The van der Waals surface area contributed by atoms with E-state index in [1.807, 2.05) is 36.6 Å². The van der Waals surface area contributed by atoms with E-state index in [2.05, 4.69) is 9.97 Å². The third-order valence-corrected chi connectivity index (χ3v) is 5.98. The number of nitrogens with two attached hydrogens (primary N) is 1. The largest absolute Gasteiger partial charge is 0.497 e. The third kappa shape index (κ3) is 3.88. The van der Waals surface area contributed by atoms with E-state index in [4.69, 9.17) is 15.2 Å². The number of aromatic nitrogens is 3. The molecule has 0 bridgehead atoms. The summed E-state index contributed by atoms with van der Waals surface area (Å²) in [5.41, 5.74) is 9.98. The summed E-state index contributed by atoms with van der Waals surface area (Å²) in [5.74, 6) is 1.79. The van der Waals surface area contributed by atoms with Gasteiger partial charge in [-0.3, -0.25) is 9.19 Å². The van der Waals surface area contributed by atoms with Crippen LogP contribution in [0.5, 0.6) is 11.5 Å². The quantitative estimate of drug-likeness (QED) is 0.623. The van der Waals surface area contributed by atoms with Gasteiger partial charge in [-0.05, 0) is 38.9 Å². The Morgan fingerprint density at radius 1 is 1.21 bits per heavy atom. The number of ether oxygens (including phenoxy) is 2. The van der Waals surface area contributed by atoms with Gasteiger partial charge < -0.3 is 19.8 Å². The molecule has 0 amide bonds. The number of nitrogens with zero attached hydrogens (tertiary/aromatic N) is 3. The fourth-order valence-electron chi connectivity index (χ4n) is 3.25. The van der Waals surface area contributed by atoms with E-state index < -0.39 is 10.8 Å². The number of benzene rings is 1. The van der Waals surface area contributed by atoms with Crippen LogP contribution in [0.25, 0.3) is 11.0 Å². The molecule has 28 heavy (non-hydrogen) atoms. The zero-order chi connectivity index (χ0) is 20.3. The van der Waals surface area contributed by atoms with E-state index >= 15 is 0 Å². The first-order chi connectivity index (χ1) is 13.5. The third-order valence-electron chi connectivity index (χ3n) is 4.73. The molecule has 2 aromatic heterocycles. The normalized spacial score (nSPS) is 12.3. The minimum atomic E-state index is -1.37. The Kier molecular flexibility index (Phi) is 6.31. The van der Waals surface area contributed by atoms with E-state index in [1.165, 1.54) is 0 Å². The van der Waals surface area contributed by atoms with Crippen molar-refractivity contribution < 1.29 is 13.7 Å². The summed E-state index contributed by atoms with van der Waals surface area (Å²) < 4.78 is 26.0. The van der Waals surface area contributed by atoms with Crippen LogP contribution in [0.1, 0.15) is 23.2 Å². The lowest BCUT2D eigenvalue weighted by Crippen LogP contribution is -2.12. The second kappa shape index (κ2) is 8.70. The molecule has 0 fully saturated rings. The van der Waals surface area contributed by atoms with E-state index in [0.29, 0.717) is 18.2 Å². The second-order valence-electron chi connectivity index (χ2n) is 6.58. The molecule has 1 aromatic carbocycles. The van der Waals surface area contributed by atoms with Crippen LogP contribution in [0.15, 0.2) is 29.6 Å². The number of imidazole rings is 1. The summed E-state index contributed by atoms with van der Waals surface area (Å²) in [6.07, 6.45) is 2.52. The first kappa shape index (κ1) is 20.3. The van der Waals surface area contributed by atoms with Crippen molar-refractivity contribution >= 4 is 21.8 Å². The van der Waals surface area contributed by atoms with Crippen molar-refractivity contribution in [2.75, 3.05) is 20.8 Å². The molecule has 0 aliphatic heterocycles. The highest BCUT2D eigenvalue weighted by molar-refractivity contribution is 7.84. The fourth-order valence-corrected chi connectivity index (χ4v) is 4.56. The average molecular weight is 403 g/mol. The highest BCUT2D eigenvalue weighted by Gasteiger charge is 2.20. The van der Waals surface area contributed by atoms with Crippen LogP contribution in [-0.4, -0.2) is 39.5 Å². The number of methoxy groups -OCH3 is 2. The summed E-state index contributed by atoms with van der Waals surface area (Å²) in [6.45, 7) is 5.07. The number of hydrogen-bond donors (Lipinski definition) is 1. The van der Waals surface area contributed by atoms with Crippen molar-refractivity contribution in [3.8, 4) is 11.5 Å². The van der Waals surface area contributed by atoms with Crippen molar-refractivity contribution in [2.24, 2.45) is 5.73 Å². The van der Waals surface area contributed by atoms with Gasteiger partial charge in [0.1, 0.15) is 11.5 Å². The smallest absolute Gasteiger partial charge is 0.200 e. The topological polar surface area (TPSA) is 92.3 Å². The van der Waals surface area contributed by atoms with Gasteiger partial charge in [0.2, 0.25) is 0 Å². The molecule has 1 unspecified atom stereocenters. The molecule has 3 aromatic rings. The van der Waals surface area contributed by atoms with E-state index in [0.717, 1.165) is 45.8 Å². The van der Waals surface area contributed by atoms with E-state index in [1.54, 1.807) is 20.4 Å². The molecule has 0 aliphatic carbocycles. The summed E-state index contributed by atoms with van der Waals surface area (Å²) in [7, 11) is 1.89. The Labute approximate surface area is 167 Å². The predicted octanol–water partition coefficient (Wildman–Crippen LogP) is 2.72. The minimum Gasteiger partial charge on any atom is -0.497 e. The maximum atomic E-state index is 13.2. The average Bonchev–Trinajstić information content (AvgIpc) is 3.06. The lowest BCUT2D eigenvalue weighted by Gasteiger charge is -2.13. The Morgan fingerprint density at radius 3 is 2.68 bits per heavy atom. The van der Waals surface area contributed by atoms with Crippen LogP contribution in [0, 0.1) is 13.8 Å². The molecule has 3 rings (SSSR count). The second-order valence-corrected chi connectivity index (χ2v) is 7.92. The number of hydrogen-bond acceptors (Lipinski definition) is 6. The van der Waals surface area contributed by atoms with Crippen molar-refractivity contribution in [2.45, 2.75) is 37.7 Å². The molecule has 0 aliphatic rings. The maximum absolute atomic E-state index is 13.2. The van der Waals surface area contributed by atoms with Crippen LogP contribution in [0.3, 0.4) is 0 Å². The van der Waals surface area contributed by atoms with Crippen molar-refractivity contribution in [1.82, 2.24) is 14.5 Å². The van der Waals surface area contributed by atoms with Gasteiger partial charge in [-0.2, -0.15) is 0 Å². The summed E-state index contributed by atoms with van der Waals surface area (Å²) in [6, 6.07) is 5.65. The van der Waals surface area contributed by atoms with Crippen molar-refractivity contribution in [3.05, 3.63) is 41.2 Å². The predicted molar refractivity (Wildman–Crippen MR) is 110 cm³/mol. The zero-order valence-corrected chi connectivity index (χ0v) is 17.5. The lowest BCUT2D eigenvalue weighted by atomic mass is 10.1. The molecular weight excluding hydrogens is 376 g/mol. The number of pyridine rings is 1. The summed E-state index contributed by atoms with van der Waals surface area (Å²) in [4.78, 5) is 9.11. The molecule has 2 heterocycles. The SMILES string of the molecule is COc1ccc2nc(S(=O)Cc3ncc(C)c(OC)c3C)n(CCCN)c2c1. The molecule has 150 valence electrons. The summed E-state index contributed by atoms with van der Waals surface area (Å²) >= 11 is 0. The first-order valence-corrected chi connectivity index (χ1v) is 10.4. The molecule has 0 spiro atoms. The molecule has 2 N–H and O–H groups in total. The highest BCUT2D eigenvalue weighted by atomic mass is 32.2. The molecule has 7 nitrogen and oxygen atoms in total. The Balaban J connectivity index is 2.01. The zero-order valence-electron chi connectivity index (χ0n) is 16.7. The van der Waals surface area contributed by atoms with Crippen LogP contribution in [-0.2, 0) is 23.1 Å². The molecule has 8 heteroatoms. The van der Waals surface area contributed by atoms with Crippen LogP contribution in [0.4, 0.5) is 0 Å². The van der Waals surface area contributed by atoms with Gasteiger partial charge in [0.05, 0.1) is 47.5 Å². The maximum Gasteiger partial charge on any atom is 0.200 e. The molecule has 1 atom stereocenters. The minimum absolute atomic E-state index is 0.269. The van der Waals surface area contributed by atoms with Gasteiger partial charge >= 0.3 is 0 Å². The highest BCUT2D eigenvalue weighted by Crippen LogP contribution is 2.28. The lowest BCUT2D eigenvalue weighted by molar-refractivity contribution is 0.407. The fraction of sp³-hybridized carbons (Fsp3) is 0.400. The standard InChI is InChI=1S/C20H26N4O3S/c1-13-11-22-17(14(2)19(13)27-4)12-28(25)20-23-16-7-6-15(26-3)10-18(16)24(20)9-5-8-21/h6-7,10-11H,5,8-9,12,21H2,1-4H3. The van der Waals surface area contributed by atoms with Gasteiger partial charge in [0.15, 0.2) is 5.16 Å². The van der Waals surface area contributed by atoms with Gasteiger partial charge in [-0.25, -0.2) is 4.98 Å². The molecule has 0 saturated heterocycles. The first-order valence-electron chi connectivity index (χ1n) is 9.12. The Hall–Kier alpha value is -2.45. The van der Waals surface area contributed by atoms with Crippen molar-refractivity contribution in [3.63, 3.8) is 0 Å². The number of rotatable bonds is 8. The molecule has 0 saturated carbocycles. The van der Waals surface area contributed by atoms with Gasteiger partial charge in [-0.15, -0.1) is 0 Å². The number of fused-ring (bicyclic) bond motifs is 1. The Morgan fingerprint density at radius 2 is 2.00 bits per heavy atom. The Bertz CT molecular complexity index is 1020. The van der Waals surface area contributed by atoms with Gasteiger partial charge in [-0.1, -0.05) is 0 Å². The monoisotopic (exact) mass is 402 g/mol. The van der Waals surface area contributed by atoms with Gasteiger partial charge in [0.25, 0.3) is 0 Å². The van der Waals surface area contributed by atoms with Crippen molar-refractivity contribution in [1.29, 1.82) is 0 Å². The van der Waals surface area contributed by atoms with E-state index in [-0.39, 0.29) is 5.75 Å². The van der Waals surface area contributed by atoms with Crippen LogP contribution >= 0.6 is 0 Å². The van der Waals surface area contributed by atoms with Crippen LogP contribution < -0.4 is 15.2 Å².